The fraction of sp³-hybridized carbons (Fsp3) is 0.320. The van der Waals surface area contributed by atoms with Gasteiger partial charge in [-0.2, -0.15) is 0 Å². The van der Waals surface area contributed by atoms with Crippen molar-refractivity contribution in [3.8, 4) is 11.4 Å². The molecule has 2 atom stereocenters. The highest BCUT2D eigenvalue weighted by molar-refractivity contribution is 6.03. The molecule has 0 saturated heterocycles. The number of benzene rings is 3. The first-order valence-electron chi connectivity index (χ1n) is 10.5. The molecule has 3 aliphatic rings. The van der Waals surface area contributed by atoms with Crippen LogP contribution in [-0.4, -0.2) is 9.55 Å². The first-order valence-corrected chi connectivity index (χ1v) is 10.5. The van der Waals surface area contributed by atoms with Crippen LogP contribution in [-0.2, 0) is 5.66 Å². The highest BCUT2D eigenvalue weighted by Gasteiger charge is 2.39. The molecular weight excluding hydrogens is 342 g/mol. The van der Waals surface area contributed by atoms with Crippen molar-refractivity contribution in [1.29, 1.82) is 0 Å². The number of nitrogens with zero attached hydrogens (tertiary/aromatic N) is 2. The van der Waals surface area contributed by atoms with E-state index >= 15 is 0 Å². The van der Waals surface area contributed by atoms with E-state index in [1.165, 1.54) is 46.8 Å². The number of hydrogen-bond donors (Lipinski definition) is 1. The molecule has 1 aliphatic heterocycles. The summed E-state index contributed by atoms with van der Waals surface area (Å²) in [6, 6.07) is 17.9. The largest absolute Gasteiger partial charge is 0.362 e. The second kappa shape index (κ2) is 4.78. The molecular formula is C25H23N3. The predicted molar refractivity (Wildman–Crippen MR) is 115 cm³/mol. The van der Waals surface area contributed by atoms with Gasteiger partial charge in [0.15, 0.2) is 0 Å². The summed E-state index contributed by atoms with van der Waals surface area (Å²) < 4.78 is 2.42. The molecule has 7 rings (SSSR count). The van der Waals surface area contributed by atoms with E-state index < -0.39 is 0 Å². The molecule has 1 fully saturated rings. The smallest absolute Gasteiger partial charge is 0.145 e. The van der Waals surface area contributed by atoms with E-state index in [9.17, 15) is 0 Å². The quantitative estimate of drug-likeness (QED) is 0.394. The van der Waals surface area contributed by atoms with Crippen molar-refractivity contribution in [2.45, 2.75) is 50.6 Å². The maximum Gasteiger partial charge on any atom is 0.145 e. The van der Waals surface area contributed by atoms with E-state index in [2.05, 4.69) is 72.3 Å². The zero-order valence-corrected chi connectivity index (χ0v) is 16.3. The summed E-state index contributed by atoms with van der Waals surface area (Å²) in [5, 5.41) is 6.38. The Kier molecular flexibility index (Phi) is 2.58. The summed E-state index contributed by atoms with van der Waals surface area (Å²) in [6.45, 7) is 4.53. The van der Waals surface area contributed by atoms with Gasteiger partial charge in [0, 0.05) is 10.9 Å². The van der Waals surface area contributed by atoms with Crippen LogP contribution in [0.4, 0.5) is 5.69 Å². The van der Waals surface area contributed by atoms with Gasteiger partial charge in [0.25, 0.3) is 0 Å². The Morgan fingerprint density at radius 1 is 1.00 bits per heavy atom. The molecule has 4 aromatic rings. The molecule has 28 heavy (non-hydrogen) atoms. The molecule has 1 aromatic heterocycles. The lowest BCUT2D eigenvalue weighted by atomic mass is 9.91. The van der Waals surface area contributed by atoms with Gasteiger partial charge in [-0.25, -0.2) is 4.98 Å². The molecule has 1 N–H and O–H groups in total. The average molecular weight is 365 g/mol. The molecule has 2 bridgehead atoms. The standard InChI is InChI=1S/C25H23N3/c1-25(2)27-23-17-6-4-3-5-14(17)9-10-18(23)24-26-21-12-19-15-7-8-16(11-15)20(19)13-22(21)28(24)25/h3-6,9-10,12-13,15-16,27H,7-8,11H2,1-2H3. The van der Waals surface area contributed by atoms with E-state index in [1.807, 2.05) is 0 Å². The summed E-state index contributed by atoms with van der Waals surface area (Å²) >= 11 is 0. The monoisotopic (exact) mass is 365 g/mol. The summed E-state index contributed by atoms with van der Waals surface area (Å²) in [4.78, 5) is 5.18. The third-order valence-electron chi connectivity index (χ3n) is 7.33. The van der Waals surface area contributed by atoms with Crippen LogP contribution in [0.25, 0.3) is 33.2 Å². The maximum atomic E-state index is 5.18. The van der Waals surface area contributed by atoms with Crippen LogP contribution >= 0.6 is 0 Å². The van der Waals surface area contributed by atoms with E-state index in [0.717, 1.165) is 23.2 Å². The molecule has 2 aliphatic carbocycles. The zero-order chi connectivity index (χ0) is 18.6. The molecule has 1 saturated carbocycles. The third-order valence-corrected chi connectivity index (χ3v) is 7.33. The average Bonchev–Trinajstić information content (AvgIpc) is 3.39. The SMILES string of the molecule is CC1(C)Nc2c(ccc3ccccc23)-c2nc3cc4c(cc3n21)C1CCC4C1. The lowest BCUT2D eigenvalue weighted by molar-refractivity contribution is 0.423. The molecule has 3 nitrogen and oxygen atoms in total. The summed E-state index contributed by atoms with van der Waals surface area (Å²) in [5.41, 5.74) is 7.77. The molecule has 0 radical (unpaired) electrons. The molecule has 3 aromatic carbocycles. The van der Waals surface area contributed by atoms with E-state index in [-0.39, 0.29) is 5.66 Å². The highest BCUT2D eigenvalue weighted by Crippen LogP contribution is 2.54. The number of nitrogens with one attached hydrogen (secondary N) is 1. The topological polar surface area (TPSA) is 29.9 Å². The minimum Gasteiger partial charge on any atom is -0.362 e. The van der Waals surface area contributed by atoms with Gasteiger partial charge in [-0.1, -0.05) is 30.3 Å². The summed E-state index contributed by atoms with van der Waals surface area (Å²) in [5.74, 6) is 2.63. The summed E-state index contributed by atoms with van der Waals surface area (Å²) in [7, 11) is 0. The molecule has 138 valence electrons. The lowest BCUT2D eigenvalue weighted by Crippen LogP contribution is -2.38. The molecule has 3 heteroatoms. The van der Waals surface area contributed by atoms with Crippen molar-refractivity contribution >= 4 is 27.5 Å². The summed E-state index contributed by atoms with van der Waals surface area (Å²) in [6.07, 6.45) is 4.07. The minimum atomic E-state index is -0.229. The number of anilines is 1. The second-order valence-corrected chi connectivity index (χ2v) is 9.34. The van der Waals surface area contributed by atoms with Crippen molar-refractivity contribution in [2.75, 3.05) is 5.32 Å². The Balaban J connectivity index is 1.57. The van der Waals surface area contributed by atoms with E-state index in [4.69, 9.17) is 4.98 Å². The van der Waals surface area contributed by atoms with Crippen LogP contribution in [0.3, 0.4) is 0 Å². The van der Waals surface area contributed by atoms with Crippen molar-refractivity contribution in [2.24, 2.45) is 0 Å². The first-order chi connectivity index (χ1) is 13.6. The highest BCUT2D eigenvalue weighted by atomic mass is 15.3. The number of aromatic nitrogens is 2. The fourth-order valence-corrected chi connectivity index (χ4v) is 6.11. The zero-order valence-electron chi connectivity index (χ0n) is 16.3. The van der Waals surface area contributed by atoms with Gasteiger partial charge >= 0.3 is 0 Å². The van der Waals surface area contributed by atoms with Crippen LogP contribution in [0.15, 0.2) is 48.5 Å². The first kappa shape index (κ1) is 15.2. The minimum absolute atomic E-state index is 0.229. The van der Waals surface area contributed by atoms with Gasteiger partial charge in [0.1, 0.15) is 11.5 Å². The van der Waals surface area contributed by atoms with Crippen LogP contribution in [0.5, 0.6) is 0 Å². The Morgan fingerprint density at radius 3 is 2.64 bits per heavy atom. The predicted octanol–water partition coefficient (Wildman–Crippen LogP) is 6.34. The Labute approximate surface area is 164 Å². The molecule has 0 spiro atoms. The van der Waals surface area contributed by atoms with Crippen molar-refractivity contribution in [3.05, 3.63) is 59.7 Å². The Bertz CT molecular complexity index is 1310. The number of imidazole rings is 1. The van der Waals surface area contributed by atoms with Gasteiger partial charge in [-0.15, -0.1) is 0 Å². The lowest BCUT2D eigenvalue weighted by Gasteiger charge is -2.37. The number of rotatable bonds is 0. The number of hydrogen-bond acceptors (Lipinski definition) is 2. The Morgan fingerprint density at radius 2 is 1.79 bits per heavy atom. The van der Waals surface area contributed by atoms with Crippen molar-refractivity contribution in [1.82, 2.24) is 9.55 Å². The van der Waals surface area contributed by atoms with E-state index in [1.54, 1.807) is 11.1 Å². The second-order valence-electron chi connectivity index (χ2n) is 9.34. The van der Waals surface area contributed by atoms with Gasteiger partial charge in [0.2, 0.25) is 0 Å². The molecule has 2 unspecified atom stereocenters. The van der Waals surface area contributed by atoms with Gasteiger partial charge in [0.05, 0.1) is 16.7 Å². The van der Waals surface area contributed by atoms with Gasteiger partial charge < -0.3 is 9.88 Å². The van der Waals surface area contributed by atoms with Gasteiger partial charge in [-0.05, 0) is 79.7 Å². The number of fused-ring (bicyclic) bond motifs is 12. The van der Waals surface area contributed by atoms with E-state index in [0.29, 0.717) is 0 Å². The third kappa shape index (κ3) is 1.73. The van der Waals surface area contributed by atoms with Gasteiger partial charge in [-0.3, -0.25) is 0 Å². The van der Waals surface area contributed by atoms with Crippen LogP contribution in [0, 0.1) is 0 Å². The van der Waals surface area contributed by atoms with Crippen LogP contribution < -0.4 is 5.32 Å². The Hall–Kier alpha value is -2.81. The van der Waals surface area contributed by atoms with Crippen LogP contribution in [0.2, 0.25) is 0 Å². The molecule has 0 amide bonds. The van der Waals surface area contributed by atoms with Crippen molar-refractivity contribution in [3.63, 3.8) is 0 Å². The maximum absolute atomic E-state index is 5.18. The van der Waals surface area contributed by atoms with Crippen LogP contribution in [0.1, 0.15) is 56.1 Å². The molecule has 2 heterocycles. The normalized spacial score (nSPS) is 23.5. The van der Waals surface area contributed by atoms with Crippen molar-refractivity contribution < 1.29 is 0 Å². The fourth-order valence-electron chi connectivity index (χ4n) is 6.11.